The molecule has 0 fully saturated rings. The van der Waals surface area contributed by atoms with Crippen LogP contribution in [0.1, 0.15) is 0 Å². The molecule has 0 aliphatic heterocycles. The van der Waals surface area contributed by atoms with Crippen molar-refractivity contribution < 1.29 is 18.0 Å². The Bertz CT molecular complexity index is 931. The molecule has 23 heavy (non-hydrogen) atoms. The molecular formula is C18H10F3NO. The van der Waals surface area contributed by atoms with Gasteiger partial charge in [0.15, 0.2) is 0 Å². The van der Waals surface area contributed by atoms with Gasteiger partial charge in [0.1, 0.15) is 0 Å². The van der Waals surface area contributed by atoms with Crippen molar-refractivity contribution in [1.82, 2.24) is 0 Å². The highest BCUT2D eigenvalue weighted by Gasteiger charge is 2.39. The molecular weight excluding hydrogens is 303 g/mol. The average Bonchev–Trinajstić information content (AvgIpc) is 2.85. The summed E-state index contributed by atoms with van der Waals surface area (Å²) in [7, 11) is 0. The Labute approximate surface area is 129 Å². The third kappa shape index (κ3) is 2.00. The molecule has 0 spiro atoms. The van der Waals surface area contributed by atoms with Crippen LogP contribution >= 0.6 is 0 Å². The van der Waals surface area contributed by atoms with Gasteiger partial charge in [0.25, 0.3) is 0 Å². The Morgan fingerprint density at radius 2 is 1.39 bits per heavy atom. The summed E-state index contributed by atoms with van der Waals surface area (Å²) in [6.45, 7) is 0. The van der Waals surface area contributed by atoms with Gasteiger partial charge in [-0.05, 0) is 33.7 Å². The Morgan fingerprint density at radius 1 is 0.783 bits per heavy atom. The number of halogens is 3. The second kappa shape index (κ2) is 4.59. The summed E-state index contributed by atoms with van der Waals surface area (Å²) >= 11 is 0. The fraction of sp³-hybridized carbons (Fsp3) is 0.0556. The zero-order chi connectivity index (χ0) is 16.2. The van der Waals surface area contributed by atoms with Crippen LogP contribution in [0.15, 0.2) is 54.6 Å². The predicted octanol–water partition coefficient (Wildman–Crippen LogP) is 4.99. The van der Waals surface area contributed by atoms with E-state index in [0.717, 1.165) is 27.6 Å². The number of benzene rings is 3. The lowest BCUT2D eigenvalue weighted by molar-refractivity contribution is -0.167. The van der Waals surface area contributed by atoms with E-state index in [1.807, 2.05) is 35.6 Å². The van der Waals surface area contributed by atoms with Gasteiger partial charge >= 0.3 is 12.1 Å². The van der Waals surface area contributed by atoms with Gasteiger partial charge in [0.2, 0.25) is 0 Å². The second-order valence-corrected chi connectivity index (χ2v) is 5.39. The fourth-order valence-corrected chi connectivity index (χ4v) is 3.11. The minimum absolute atomic E-state index is 0.167. The van der Waals surface area contributed by atoms with Crippen molar-refractivity contribution in [3.05, 3.63) is 54.6 Å². The smallest absolute Gasteiger partial charge is 0.318 e. The first kappa shape index (κ1) is 13.8. The monoisotopic (exact) mass is 313 g/mol. The van der Waals surface area contributed by atoms with Crippen LogP contribution in [-0.2, 0) is 4.79 Å². The summed E-state index contributed by atoms with van der Waals surface area (Å²) in [5, 5.41) is 3.44. The molecule has 0 saturated heterocycles. The summed E-state index contributed by atoms with van der Waals surface area (Å²) in [6.07, 6.45) is -4.91. The third-order valence-corrected chi connectivity index (χ3v) is 4.05. The molecule has 0 saturated carbocycles. The molecule has 0 radical (unpaired) electrons. The zero-order valence-corrected chi connectivity index (χ0v) is 11.7. The van der Waals surface area contributed by atoms with E-state index in [9.17, 15) is 18.0 Å². The maximum absolute atomic E-state index is 12.5. The largest absolute Gasteiger partial charge is 0.471 e. The van der Waals surface area contributed by atoms with Gasteiger partial charge in [0, 0.05) is 11.1 Å². The van der Waals surface area contributed by atoms with E-state index in [0.29, 0.717) is 5.39 Å². The molecule has 1 aliphatic carbocycles. The minimum atomic E-state index is -4.91. The molecule has 114 valence electrons. The van der Waals surface area contributed by atoms with Crippen molar-refractivity contribution >= 4 is 22.4 Å². The van der Waals surface area contributed by atoms with Crippen molar-refractivity contribution in [3.8, 4) is 22.3 Å². The van der Waals surface area contributed by atoms with Crippen LogP contribution in [0.25, 0.3) is 33.0 Å². The van der Waals surface area contributed by atoms with Crippen LogP contribution in [0.4, 0.5) is 18.9 Å². The van der Waals surface area contributed by atoms with Crippen LogP contribution in [0.5, 0.6) is 0 Å². The number of carbonyl (C=O) groups is 1. The van der Waals surface area contributed by atoms with Crippen LogP contribution in [-0.4, -0.2) is 12.1 Å². The maximum atomic E-state index is 12.5. The van der Waals surface area contributed by atoms with Gasteiger partial charge in [-0.2, -0.15) is 13.2 Å². The zero-order valence-electron chi connectivity index (χ0n) is 11.7. The van der Waals surface area contributed by atoms with Gasteiger partial charge in [-0.1, -0.05) is 48.5 Å². The lowest BCUT2D eigenvalue weighted by atomic mass is 10.0. The fourth-order valence-electron chi connectivity index (χ4n) is 3.11. The first-order valence-corrected chi connectivity index (χ1v) is 7.00. The molecule has 4 rings (SSSR count). The van der Waals surface area contributed by atoms with Crippen LogP contribution in [0, 0.1) is 0 Å². The number of hydrogen-bond acceptors (Lipinski definition) is 1. The normalized spacial score (nSPS) is 12.3. The Kier molecular flexibility index (Phi) is 2.75. The molecule has 3 aromatic carbocycles. The van der Waals surface area contributed by atoms with Crippen molar-refractivity contribution in [2.75, 3.05) is 5.32 Å². The van der Waals surface area contributed by atoms with E-state index in [4.69, 9.17) is 0 Å². The molecule has 1 N–H and O–H groups in total. The van der Waals surface area contributed by atoms with E-state index in [1.54, 1.807) is 18.2 Å². The van der Waals surface area contributed by atoms with Gasteiger partial charge in [-0.15, -0.1) is 0 Å². The SMILES string of the molecule is O=C(Nc1ccc2c3c(cccc13)-c1ccccc1-2)C(F)(F)F. The van der Waals surface area contributed by atoms with Crippen LogP contribution in [0.2, 0.25) is 0 Å². The number of rotatable bonds is 1. The van der Waals surface area contributed by atoms with Gasteiger partial charge in [-0.3, -0.25) is 4.79 Å². The highest BCUT2D eigenvalue weighted by Crippen LogP contribution is 2.48. The average molecular weight is 313 g/mol. The molecule has 0 atom stereocenters. The molecule has 0 unspecified atom stereocenters. The summed E-state index contributed by atoms with van der Waals surface area (Å²) in [5.74, 6) is -1.96. The molecule has 0 bridgehead atoms. The Hall–Kier alpha value is -2.82. The predicted molar refractivity (Wildman–Crippen MR) is 83.1 cm³/mol. The molecule has 5 heteroatoms. The van der Waals surface area contributed by atoms with Crippen LogP contribution in [0.3, 0.4) is 0 Å². The quantitative estimate of drug-likeness (QED) is 0.527. The summed E-state index contributed by atoms with van der Waals surface area (Å²) in [6, 6.07) is 16.5. The van der Waals surface area contributed by atoms with Crippen molar-refractivity contribution in [2.45, 2.75) is 6.18 Å². The molecule has 2 nitrogen and oxygen atoms in total. The van der Waals surface area contributed by atoms with E-state index in [1.165, 1.54) is 6.07 Å². The van der Waals surface area contributed by atoms with Crippen molar-refractivity contribution in [3.63, 3.8) is 0 Å². The van der Waals surface area contributed by atoms with Crippen molar-refractivity contribution in [1.29, 1.82) is 0 Å². The second-order valence-electron chi connectivity index (χ2n) is 5.39. The standard InChI is InChI=1S/C18H10F3NO/c19-18(20,21)17(23)22-15-9-8-13-11-5-2-1-4-10(11)12-6-3-7-14(15)16(12)13/h1-9H,(H,22,23). The van der Waals surface area contributed by atoms with Gasteiger partial charge < -0.3 is 5.32 Å². The van der Waals surface area contributed by atoms with Crippen molar-refractivity contribution in [2.24, 2.45) is 0 Å². The van der Waals surface area contributed by atoms with E-state index in [-0.39, 0.29) is 5.69 Å². The number of nitrogens with one attached hydrogen (secondary N) is 1. The van der Waals surface area contributed by atoms with Crippen LogP contribution < -0.4 is 5.32 Å². The Morgan fingerprint density at radius 3 is 2.04 bits per heavy atom. The van der Waals surface area contributed by atoms with Gasteiger partial charge in [-0.25, -0.2) is 0 Å². The first-order valence-electron chi connectivity index (χ1n) is 7.00. The number of alkyl halides is 3. The molecule has 0 heterocycles. The summed E-state index contributed by atoms with van der Waals surface area (Å²) in [4.78, 5) is 11.2. The maximum Gasteiger partial charge on any atom is 0.471 e. The summed E-state index contributed by atoms with van der Waals surface area (Å²) < 4.78 is 37.5. The number of hydrogen-bond donors (Lipinski definition) is 1. The minimum Gasteiger partial charge on any atom is -0.318 e. The number of carbonyl (C=O) groups excluding carboxylic acids is 1. The topological polar surface area (TPSA) is 29.1 Å². The first-order chi connectivity index (χ1) is 11.0. The lowest BCUT2D eigenvalue weighted by Crippen LogP contribution is -2.29. The molecule has 1 amide bonds. The lowest BCUT2D eigenvalue weighted by Gasteiger charge is -2.12. The molecule has 1 aliphatic rings. The third-order valence-electron chi connectivity index (χ3n) is 4.05. The summed E-state index contributed by atoms with van der Waals surface area (Å²) in [5.41, 5.74) is 4.20. The Balaban J connectivity index is 1.93. The van der Waals surface area contributed by atoms with Gasteiger partial charge in [0.05, 0.1) is 0 Å². The number of fused-ring (bicyclic) bond motifs is 3. The molecule has 0 aromatic heterocycles. The van der Waals surface area contributed by atoms with E-state index < -0.39 is 12.1 Å². The highest BCUT2D eigenvalue weighted by atomic mass is 19.4. The number of anilines is 1. The van der Waals surface area contributed by atoms with E-state index >= 15 is 0 Å². The highest BCUT2D eigenvalue weighted by molar-refractivity contribution is 6.19. The molecule has 3 aromatic rings. The number of amides is 1. The van der Waals surface area contributed by atoms with E-state index in [2.05, 4.69) is 0 Å².